The number of fused-ring (bicyclic) bond motifs is 1. The molecule has 1 heterocycles. The van der Waals surface area contributed by atoms with Gasteiger partial charge in [0.1, 0.15) is 35.1 Å². The minimum Gasteiger partial charge on any atom is -0.488 e. The molecule has 0 fully saturated rings. The Bertz CT molecular complexity index is 1450. The maximum absolute atomic E-state index is 13.0. The number of anilines is 1. The summed E-state index contributed by atoms with van der Waals surface area (Å²) < 4.78 is 6.66. The average Bonchev–Trinajstić information content (AvgIpc) is 3.23. The van der Waals surface area contributed by atoms with Crippen LogP contribution in [0.4, 0.5) is 5.00 Å². The van der Waals surface area contributed by atoms with Gasteiger partial charge < -0.3 is 15.2 Å². The normalized spacial score (nSPS) is 12.7. The Morgan fingerprint density at radius 3 is 2.58 bits per heavy atom. The number of amides is 1. The van der Waals surface area contributed by atoms with Crippen LogP contribution in [-0.2, 0) is 24.2 Å². The Kier molecular flexibility index (Phi) is 7.84. The van der Waals surface area contributed by atoms with Gasteiger partial charge in [-0.1, -0.05) is 28.1 Å². The van der Waals surface area contributed by atoms with Gasteiger partial charge in [-0.15, -0.1) is 11.3 Å². The number of carbonyl (C=O) groups is 2. The zero-order chi connectivity index (χ0) is 25.7. The highest BCUT2D eigenvalue weighted by Gasteiger charge is 2.23. The lowest BCUT2D eigenvalue weighted by molar-refractivity contribution is -0.112. The first-order chi connectivity index (χ1) is 17.4. The van der Waals surface area contributed by atoms with E-state index in [4.69, 9.17) is 9.84 Å². The van der Waals surface area contributed by atoms with Crippen LogP contribution in [0.15, 0.2) is 52.5 Å². The van der Waals surface area contributed by atoms with Crippen LogP contribution in [0.2, 0.25) is 0 Å². The molecule has 1 aliphatic carbocycles. The number of nitrogens with zero attached hydrogens (tertiary/aromatic N) is 2. The number of carboxylic acids is 1. The third-order valence-electron chi connectivity index (χ3n) is 5.74. The fraction of sp³-hybridized carbons (Fsp3) is 0.185. The second-order valence-electron chi connectivity index (χ2n) is 8.12. The van der Waals surface area contributed by atoms with E-state index in [9.17, 15) is 20.1 Å². The lowest BCUT2D eigenvalue weighted by Gasteiger charge is -2.11. The van der Waals surface area contributed by atoms with Gasteiger partial charge in [0.15, 0.2) is 0 Å². The number of thiophene rings is 1. The Hall–Kier alpha value is -3.92. The quantitative estimate of drug-likeness (QED) is 0.266. The van der Waals surface area contributed by atoms with Gasteiger partial charge in [-0.05, 0) is 73.2 Å². The number of aryl methyl sites for hydroxylation is 1. The van der Waals surface area contributed by atoms with Crippen molar-refractivity contribution in [3.05, 3.63) is 85.2 Å². The fourth-order valence-electron chi connectivity index (χ4n) is 3.91. The molecular formula is C27H20BrN3O4S. The molecule has 1 amide bonds. The molecule has 3 aromatic rings. The third kappa shape index (κ3) is 5.65. The van der Waals surface area contributed by atoms with Crippen molar-refractivity contribution in [2.24, 2.45) is 0 Å². The summed E-state index contributed by atoms with van der Waals surface area (Å²) in [5.74, 6) is -1.15. The Morgan fingerprint density at radius 1 is 1.14 bits per heavy atom. The van der Waals surface area contributed by atoms with Gasteiger partial charge in [-0.2, -0.15) is 10.5 Å². The number of rotatable bonds is 7. The maximum Gasteiger partial charge on any atom is 0.335 e. The molecule has 0 aliphatic heterocycles. The summed E-state index contributed by atoms with van der Waals surface area (Å²) in [6.45, 7) is 0.169. The minimum absolute atomic E-state index is 0.126. The molecule has 2 N–H and O–H groups in total. The molecular weight excluding hydrogens is 542 g/mol. The number of nitrogens with one attached hydrogen (secondary N) is 1. The molecule has 0 unspecified atom stereocenters. The second kappa shape index (κ2) is 11.2. The second-order valence-corrected chi connectivity index (χ2v) is 10.1. The third-order valence-corrected chi connectivity index (χ3v) is 7.44. The lowest BCUT2D eigenvalue weighted by atomic mass is 9.96. The highest BCUT2D eigenvalue weighted by Crippen LogP contribution is 2.38. The van der Waals surface area contributed by atoms with Crippen LogP contribution in [0.1, 0.15) is 50.3 Å². The van der Waals surface area contributed by atoms with Crippen LogP contribution in [0.3, 0.4) is 0 Å². The van der Waals surface area contributed by atoms with Crippen molar-refractivity contribution >= 4 is 50.2 Å². The first kappa shape index (κ1) is 25.2. The molecule has 0 saturated heterocycles. The molecule has 0 saturated carbocycles. The summed E-state index contributed by atoms with van der Waals surface area (Å²) in [7, 11) is 0. The summed E-state index contributed by atoms with van der Waals surface area (Å²) in [5, 5.41) is 31.7. The number of ether oxygens (including phenoxy) is 1. The fourth-order valence-corrected chi connectivity index (χ4v) is 5.53. The van der Waals surface area contributed by atoms with E-state index in [1.807, 2.05) is 6.07 Å². The van der Waals surface area contributed by atoms with E-state index in [1.165, 1.54) is 29.5 Å². The summed E-state index contributed by atoms with van der Waals surface area (Å²) >= 11 is 4.81. The topological polar surface area (TPSA) is 123 Å². The molecule has 2 aromatic carbocycles. The van der Waals surface area contributed by atoms with Gasteiger partial charge >= 0.3 is 5.97 Å². The first-order valence-electron chi connectivity index (χ1n) is 11.1. The van der Waals surface area contributed by atoms with Gasteiger partial charge in [0, 0.05) is 14.9 Å². The van der Waals surface area contributed by atoms with Crippen molar-refractivity contribution in [3.8, 4) is 17.9 Å². The van der Waals surface area contributed by atoms with Crippen LogP contribution >= 0.6 is 27.3 Å². The molecule has 7 nitrogen and oxygen atoms in total. The Morgan fingerprint density at radius 2 is 1.89 bits per heavy atom. The summed E-state index contributed by atoms with van der Waals surface area (Å²) in [5.41, 5.74) is 2.83. The lowest BCUT2D eigenvalue weighted by Crippen LogP contribution is -2.13. The van der Waals surface area contributed by atoms with E-state index in [2.05, 4.69) is 27.3 Å². The number of benzene rings is 2. The van der Waals surface area contributed by atoms with Gasteiger partial charge in [0.2, 0.25) is 0 Å². The van der Waals surface area contributed by atoms with Crippen molar-refractivity contribution in [1.82, 2.24) is 0 Å². The molecule has 0 bridgehead atoms. The van der Waals surface area contributed by atoms with Gasteiger partial charge in [0.25, 0.3) is 5.91 Å². The minimum atomic E-state index is -1.00. The number of hydrogen-bond donors (Lipinski definition) is 2. The molecule has 0 radical (unpaired) electrons. The first-order valence-corrected chi connectivity index (χ1v) is 12.7. The number of aromatic carboxylic acids is 1. The van der Waals surface area contributed by atoms with Crippen molar-refractivity contribution < 1.29 is 19.4 Å². The zero-order valence-electron chi connectivity index (χ0n) is 19.0. The van der Waals surface area contributed by atoms with E-state index in [0.717, 1.165) is 46.2 Å². The average molecular weight is 562 g/mol. The molecule has 4 rings (SSSR count). The van der Waals surface area contributed by atoms with Crippen LogP contribution in [0.5, 0.6) is 5.75 Å². The van der Waals surface area contributed by atoms with E-state index < -0.39 is 11.9 Å². The van der Waals surface area contributed by atoms with E-state index in [-0.39, 0.29) is 17.7 Å². The zero-order valence-corrected chi connectivity index (χ0v) is 21.4. The Labute approximate surface area is 220 Å². The smallest absolute Gasteiger partial charge is 0.335 e. The largest absolute Gasteiger partial charge is 0.488 e. The van der Waals surface area contributed by atoms with E-state index >= 15 is 0 Å². The summed E-state index contributed by atoms with van der Waals surface area (Å²) in [6, 6.07) is 15.7. The number of halogens is 1. The van der Waals surface area contributed by atoms with Gasteiger partial charge in [-0.25, -0.2) is 4.79 Å². The predicted molar refractivity (Wildman–Crippen MR) is 140 cm³/mol. The van der Waals surface area contributed by atoms with Crippen molar-refractivity contribution in [1.29, 1.82) is 10.5 Å². The van der Waals surface area contributed by atoms with E-state index in [0.29, 0.717) is 21.9 Å². The maximum atomic E-state index is 13.0. The monoisotopic (exact) mass is 561 g/mol. The van der Waals surface area contributed by atoms with Crippen molar-refractivity contribution in [2.45, 2.75) is 32.3 Å². The molecule has 9 heteroatoms. The highest BCUT2D eigenvalue weighted by atomic mass is 79.9. The number of carbonyl (C=O) groups excluding carboxylic acids is 1. The predicted octanol–water partition coefficient (Wildman–Crippen LogP) is 6.08. The van der Waals surface area contributed by atoms with Crippen LogP contribution in [0.25, 0.3) is 6.08 Å². The molecule has 1 aliphatic rings. The molecule has 180 valence electrons. The summed E-state index contributed by atoms with van der Waals surface area (Å²) in [6.07, 6.45) is 5.24. The Balaban J connectivity index is 1.55. The van der Waals surface area contributed by atoms with Crippen molar-refractivity contribution in [2.75, 3.05) is 5.32 Å². The van der Waals surface area contributed by atoms with E-state index in [1.54, 1.807) is 30.3 Å². The summed E-state index contributed by atoms with van der Waals surface area (Å²) in [4.78, 5) is 25.1. The molecule has 1 aromatic heterocycles. The van der Waals surface area contributed by atoms with Gasteiger partial charge in [-0.3, -0.25) is 4.79 Å². The standard InChI is InChI=1S/C27H20BrN3O4S/c28-20-9-10-23(35-15-16-5-7-17(8-6-16)27(33)34)18(12-20)11-19(13-29)25(32)31-26-22(14-30)21-3-1-2-4-24(21)36-26/h5-12H,1-4,15H2,(H,31,32)(H,33,34)/b19-11+. The molecule has 0 spiro atoms. The number of hydrogen-bond acceptors (Lipinski definition) is 6. The molecule has 0 atom stereocenters. The van der Waals surface area contributed by atoms with Gasteiger partial charge in [0.05, 0.1) is 11.1 Å². The van der Waals surface area contributed by atoms with Crippen LogP contribution < -0.4 is 10.1 Å². The SMILES string of the molecule is N#C/C(=C\c1cc(Br)ccc1OCc1ccc(C(=O)O)cc1)C(=O)Nc1sc2c(c1C#N)CCCC2. The number of nitriles is 2. The van der Waals surface area contributed by atoms with Crippen molar-refractivity contribution in [3.63, 3.8) is 0 Å². The highest BCUT2D eigenvalue weighted by molar-refractivity contribution is 9.10. The van der Waals surface area contributed by atoms with Crippen LogP contribution in [-0.4, -0.2) is 17.0 Å². The molecule has 36 heavy (non-hydrogen) atoms. The van der Waals surface area contributed by atoms with Crippen LogP contribution in [0, 0.1) is 22.7 Å². The number of carboxylic acid groups (broad SMARTS) is 1.